The first-order chi connectivity index (χ1) is 11.1. The van der Waals surface area contributed by atoms with E-state index in [-0.39, 0.29) is 0 Å². The minimum absolute atomic E-state index is 0.438. The molecule has 5 heteroatoms. The number of rotatable bonds is 4. The number of ether oxygens (including phenoxy) is 1. The van der Waals surface area contributed by atoms with Gasteiger partial charge in [0.1, 0.15) is 12.4 Å². The van der Waals surface area contributed by atoms with Crippen molar-refractivity contribution in [2.45, 2.75) is 13.5 Å². The molecular weight excluding hydrogens is 358 g/mol. The lowest BCUT2D eigenvalue weighted by molar-refractivity contribution is -0.136. The molecular formula is C18H14BrNO3. The van der Waals surface area contributed by atoms with Gasteiger partial charge in [0.25, 0.3) is 0 Å². The van der Waals surface area contributed by atoms with Crippen LogP contribution >= 0.6 is 15.9 Å². The smallest absolute Gasteiger partial charge is 0.367 e. The van der Waals surface area contributed by atoms with Crippen molar-refractivity contribution < 1.29 is 14.4 Å². The summed E-state index contributed by atoms with van der Waals surface area (Å²) in [6, 6.07) is 15.6. The fourth-order valence-corrected chi connectivity index (χ4v) is 2.55. The molecule has 1 aliphatic heterocycles. The van der Waals surface area contributed by atoms with Gasteiger partial charge in [-0.2, -0.15) is 0 Å². The largest absolute Gasteiger partial charge is 0.488 e. The summed E-state index contributed by atoms with van der Waals surface area (Å²) in [5, 5.41) is 3.69. The predicted molar refractivity (Wildman–Crippen MR) is 92.1 cm³/mol. The summed E-state index contributed by atoms with van der Waals surface area (Å²) in [5.74, 6) is 0.244. The van der Waals surface area contributed by atoms with Crippen LogP contribution in [0, 0.1) is 0 Å². The van der Waals surface area contributed by atoms with Gasteiger partial charge in [0.05, 0.1) is 11.3 Å². The lowest BCUT2D eigenvalue weighted by atomic mass is 10.1. The summed E-state index contributed by atoms with van der Waals surface area (Å²) < 4.78 is 6.80. The first kappa shape index (κ1) is 15.5. The number of carbonyl (C=O) groups excluding carboxylic acids is 1. The Balaban J connectivity index is 1.88. The maximum absolute atomic E-state index is 11.7. The van der Waals surface area contributed by atoms with Crippen molar-refractivity contribution in [3.8, 4) is 5.75 Å². The normalized spacial score (nSPS) is 15.5. The molecule has 0 saturated carbocycles. The molecule has 0 spiro atoms. The maximum atomic E-state index is 11.7. The van der Waals surface area contributed by atoms with Crippen molar-refractivity contribution in [2.24, 2.45) is 5.16 Å². The molecule has 0 unspecified atom stereocenters. The molecule has 4 nitrogen and oxygen atoms in total. The average molecular weight is 372 g/mol. The van der Waals surface area contributed by atoms with E-state index in [0.717, 1.165) is 15.6 Å². The number of nitrogens with zero attached hydrogens (tertiary/aromatic N) is 1. The van der Waals surface area contributed by atoms with Gasteiger partial charge in [-0.25, -0.2) is 4.79 Å². The van der Waals surface area contributed by atoms with Crippen LogP contribution in [0.3, 0.4) is 0 Å². The molecule has 0 saturated heterocycles. The summed E-state index contributed by atoms with van der Waals surface area (Å²) in [6.07, 6.45) is 1.74. The first-order valence-electron chi connectivity index (χ1n) is 7.08. The third-order valence-electron chi connectivity index (χ3n) is 3.38. The van der Waals surface area contributed by atoms with Crippen LogP contribution in [0.25, 0.3) is 6.08 Å². The molecule has 0 amide bonds. The van der Waals surface area contributed by atoms with Gasteiger partial charge in [-0.05, 0) is 36.8 Å². The highest BCUT2D eigenvalue weighted by Gasteiger charge is 2.22. The minimum Gasteiger partial charge on any atom is -0.488 e. The van der Waals surface area contributed by atoms with Gasteiger partial charge >= 0.3 is 5.97 Å². The zero-order valence-corrected chi connectivity index (χ0v) is 14.0. The molecule has 0 aromatic heterocycles. The van der Waals surface area contributed by atoms with Crippen molar-refractivity contribution >= 4 is 33.7 Å². The van der Waals surface area contributed by atoms with E-state index < -0.39 is 5.97 Å². The molecule has 0 atom stereocenters. The van der Waals surface area contributed by atoms with Crippen molar-refractivity contribution in [1.82, 2.24) is 0 Å². The molecule has 0 N–H and O–H groups in total. The molecule has 1 aliphatic rings. The second-order valence-electron chi connectivity index (χ2n) is 5.07. The molecule has 2 aromatic rings. The third-order valence-corrected chi connectivity index (χ3v) is 3.88. The Morgan fingerprint density at radius 1 is 1.22 bits per heavy atom. The molecule has 2 aromatic carbocycles. The zero-order valence-electron chi connectivity index (χ0n) is 12.5. The van der Waals surface area contributed by atoms with Crippen molar-refractivity contribution in [1.29, 1.82) is 0 Å². The number of halogens is 1. The standard InChI is InChI=1S/C18H14BrNO3/c1-12-16(18(21)23-20-12)10-14-9-15(19)7-8-17(14)22-11-13-5-3-2-4-6-13/h2-10H,11H2,1H3/b16-10+. The van der Waals surface area contributed by atoms with Gasteiger partial charge in [-0.15, -0.1) is 0 Å². The fourth-order valence-electron chi connectivity index (χ4n) is 2.17. The molecule has 116 valence electrons. The van der Waals surface area contributed by atoms with Crippen molar-refractivity contribution in [3.63, 3.8) is 0 Å². The quantitative estimate of drug-likeness (QED) is 0.593. The van der Waals surface area contributed by atoms with Gasteiger partial charge in [0.15, 0.2) is 0 Å². The Hall–Kier alpha value is -2.40. The fraction of sp³-hybridized carbons (Fsp3) is 0.111. The molecule has 1 heterocycles. The van der Waals surface area contributed by atoms with Crippen LogP contribution in [0.5, 0.6) is 5.75 Å². The number of oxime groups is 1. The molecule has 0 radical (unpaired) electrons. The van der Waals surface area contributed by atoms with E-state index in [1.807, 2.05) is 48.5 Å². The van der Waals surface area contributed by atoms with Crippen LogP contribution in [0.15, 0.2) is 63.7 Å². The summed E-state index contributed by atoms with van der Waals surface area (Å²) in [6.45, 7) is 2.19. The van der Waals surface area contributed by atoms with Gasteiger partial charge in [-0.3, -0.25) is 0 Å². The van der Waals surface area contributed by atoms with Crippen LogP contribution < -0.4 is 4.74 Å². The van der Waals surface area contributed by atoms with Crippen molar-refractivity contribution in [3.05, 3.63) is 69.7 Å². The maximum Gasteiger partial charge on any atom is 0.367 e. The predicted octanol–water partition coefficient (Wildman–Crippen LogP) is 4.34. The summed E-state index contributed by atoms with van der Waals surface area (Å²) in [4.78, 5) is 16.4. The second-order valence-corrected chi connectivity index (χ2v) is 5.99. The van der Waals surface area contributed by atoms with E-state index >= 15 is 0 Å². The highest BCUT2D eigenvalue weighted by atomic mass is 79.9. The monoisotopic (exact) mass is 371 g/mol. The molecule has 0 fully saturated rings. The first-order valence-corrected chi connectivity index (χ1v) is 7.87. The van der Waals surface area contributed by atoms with Crippen LogP contribution in [-0.4, -0.2) is 11.7 Å². The molecule has 0 aliphatic carbocycles. The zero-order chi connectivity index (χ0) is 16.2. The van der Waals surface area contributed by atoms with Crippen LogP contribution in [-0.2, 0) is 16.2 Å². The van der Waals surface area contributed by atoms with Crippen LogP contribution in [0.2, 0.25) is 0 Å². The Bertz CT molecular complexity index is 797. The van der Waals surface area contributed by atoms with E-state index in [1.165, 1.54) is 0 Å². The lowest BCUT2D eigenvalue weighted by Gasteiger charge is -2.10. The highest BCUT2D eigenvalue weighted by molar-refractivity contribution is 9.10. The number of hydrogen-bond acceptors (Lipinski definition) is 4. The molecule has 23 heavy (non-hydrogen) atoms. The summed E-state index contributed by atoms with van der Waals surface area (Å²) in [5.41, 5.74) is 2.86. The van der Waals surface area contributed by atoms with E-state index in [2.05, 4.69) is 25.9 Å². The Morgan fingerprint density at radius 2 is 2.00 bits per heavy atom. The Kier molecular flexibility index (Phi) is 4.57. The minimum atomic E-state index is -0.448. The lowest BCUT2D eigenvalue weighted by Crippen LogP contribution is -2.03. The Labute approximate surface area is 142 Å². The van der Waals surface area contributed by atoms with E-state index in [1.54, 1.807) is 13.0 Å². The average Bonchev–Trinajstić information content (AvgIpc) is 2.87. The van der Waals surface area contributed by atoms with Crippen LogP contribution in [0.4, 0.5) is 0 Å². The molecule has 0 bridgehead atoms. The van der Waals surface area contributed by atoms with Gasteiger partial charge in [-0.1, -0.05) is 51.4 Å². The van der Waals surface area contributed by atoms with Crippen molar-refractivity contribution in [2.75, 3.05) is 0 Å². The number of benzene rings is 2. The van der Waals surface area contributed by atoms with E-state index in [0.29, 0.717) is 23.6 Å². The number of carbonyl (C=O) groups is 1. The van der Waals surface area contributed by atoms with Gasteiger partial charge < -0.3 is 9.57 Å². The topological polar surface area (TPSA) is 47.9 Å². The van der Waals surface area contributed by atoms with Gasteiger partial charge in [0.2, 0.25) is 0 Å². The highest BCUT2D eigenvalue weighted by Crippen LogP contribution is 2.27. The van der Waals surface area contributed by atoms with Gasteiger partial charge in [0, 0.05) is 10.0 Å². The van der Waals surface area contributed by atoms with E-state index in [9.17, 15) is 4.79 Å². The van der Waals surface area contributed by atoms with Crippen LogP contribution in [0.1, 0.15) is 18.1 Å². The summed E-state index contributed by atoms with van der Waals surface area (Å²) >= 11 is 3.44. The Morgan fingerprint density at radius 3 is 2.70 bits per heavy atom. The molecule has 3 rings (SSSR count). The SMILES string of the molecule is CC1=NOC(=O)/C1=C/c1cc(Br)ccc1OCc1ccccc1. The summed E-state index contributed by atoms with van der Waals surface area (Å²) in [7, 11) is 0. The second kappa shape index (κ2) is 6.79. The third kappa shape index (κ3) is 3.68. The van der Waals surface area contributed by atoms with E-state index in [4.69, 9.17) is 4.74 Å². The number of hydrogen-bond donors (Lipinski definition) is 0.